The monoisotopic (exact) mass is 579 g/mol. The number of carbonyl (C=O) groups is 1. The van der Waals surface area contributed by atoms with Gasteiger partial charge in [0.15, 0.2) is 0 Å². The molecule has 5 rings (SSSR count). The van der Waals surface area contributed by atoms with Gasteiger partial charge in [0, 0.05) is 27.7 Å². The number of hydrogen-bond acceptors (Lipinski definition) is 6. The van der Waals surface area contributed by atoms with Crippen molar-refractivity contribution < 1.29 is 22.7 Å². The number of nitrogens with zero attached hydrogens (tertiary/aromatic N) is 7. The molecule has 0 bridgehead atoms. The van der Waals surface area contributed by atoms with E-state index in [1.54, 1.807) is 39.4 Å². The zero-order chi connectivity index (χ0) is 27.8. The van der Waals surface area contributed by atoms with E-state index in [0.29, 0.717) is 15.6 Å². The maximum absolute atomic E-state index is 13.8. The van der Waals surface area contributed by atoms with E-state index in [0.717, 1.165) is 12.1 Å². The molecular weight excluding hydrogens is 558 g/mol. The van der Waals surface area contributed by atoms with Crippen LogP contribution < -0.4 is 0 Å². The van der Waals surface area contributed by atoms with Crippen LogP contribution in [0, 0.1) is 0 Å². The van der Waals surface area contributed by atoms with Crippen LogP contribution in [0.15, 0.2) is 67.8 Å². The second kappa shape index (κ2) is 10.6. The maximum atomic E-state index is 13.8. The van der Waals surface area contributed by atoms with Crippen molar-refractivity contribution in [2.24, 2.45) is 0 Å². The molecule has 1 unspecified atom stereocenters. The zero-order valence-electron chi connectivity index (χ0n) is 20.5. The number of aromatic nitrogens is 6. The molecule has 3 atom stereocenters. The Bertz CT molecular complexity index is 1430. The first kappa shape index (κ1) is 27.1. The van der Waals surface area contributed by atoms with Crippen LogP contribution in [0.25, 0.3) is 0 Å². The van der Waals surface area contributed by atoms with E-state index in [4.69, 9.17) is 27.9 Å². The SMILES string of the molecule is C[C@H]1N(C(=O)c2ccc(C(F)(F)F)cc2)CC(Cn2cncn2)O[C@@]1(Cn1cncn1)c1ccc(Cl)cc1Cl. The smallest absolute Gasteiger partial charge is 0.359 e. The van der Waals surface area contributed by atoms with Gasteiger partial charge in [-0.05, 0) is 43.3 Å². The van der Waals surface area contributed by atoms with Crippen molar-refractivity contribution in [2.75, 3.05) is 6.54 Å². The molecule has 14 heteroatoms. The highest BCUT2D eigenvalue weighted by atomic mass is 35.5. The lowest BCUT2D eigenvalue weighted by Gasteiger charge is -2.51. The first-order valence-electron chi connectivity index (χ1n) is 11.8. The molecule has 0 saturated carbocycles. The molecule has 9 nitrogen and oxygen atoms in total. The standard InChI is InChI=1S/C25H22Cl2F3N7O2/c1-16-24(11-36-15-32-13-34-36,21-7-6-19(26)8-22(21)27)39-20(9-35-14-31-12-33-35)10-37(16)23(38)17-2-4-18(5-3-17)25(28,29)30/h2-8,12-16,20H,9-11H2,1H3/t16-,20?,24-/m1/s1. The third-order valence-corrected chi connectivity index (χ3v) is 7.30. The normalized spacial score (nSPS) is 21.7. The summed E-state index contributed by atoms with van der Waals surface area (Å²) in [5.74, 6) is -0.462. The number of morpholine rings is 1. The number of halogens is 5. The summed E-state index contributed by atoms with van der Waals surface area (Å²) in [4.78, 5) is 23.4. The Kier molecular flexibility index (Phi) is 7.36. The van der Waals surface area contributed by atoms with E-state index in [1.165, 1.54) is 37.4 Å². The molecule has 0 aliphatic carbocycles. The Balaban J connectivity index is 1.60. The minimum Gasteiger partial charge on any atom is -0.359 e. The number of ether oxygens (including phenoxy) is 1. The molecule has 204 valence electrons. The Labute approximate surface area is 231 Å². The van der Waals surface area contributed by atoms with Crippen LogP contribution in [0.2, 0.25) is 10.0 Å². The lowest BCUT2D eigenvalue weighted by molar-refractivity contribution is -0.192. The average Bonchev–Trinajstić information content (AvgIpc) is 3.59. The Morgan fingerprint density at radius 2 is 1.72 bits per heavy atom. The molecule has 0 N–H and O–H groups in total. The van der Waals surface area contributed by atoms with Gasteiger partial charge in [-0.25, -0.2) is 14.6 Å². The quantitative estimate of drug-likeness (QED) is 0.328. The fourth-order valence-electron chi connectivity index (χ4n) is 4.85. The molecule has 1 aliphatic heterocycles. The van der Waals surface area contributed by atoms with Crippen molar-refractivity contribution in [3.63, 3.8) is 0 Å². The van der Waals surface area contributed by atoms with Crippen LogP contribution in [0.5, 0.6) is 0 Å². The van der Waals surface area contributed by atoms with Crippen LogP contribution >= 0.6 is 23.2 Å². The van der Waals surface area contributed by atoms with E-state index < -0.39 is 35.4 Å². The van der Waals surface area contributed by atoms with Gasteiger partial charge >= 0.3 is 6.18 Å². The molecule has 1 fully saturated rings. The first-order chi connectivity index (χ1) is 18.6. The highest BCUT2D eigenvalue weighted by Crippen LogP contribution is 2.43. The fraction of sp³-hybridized carbons (Fsp3) is 0.320. The molecule has 39 heavy (non-hydrogen) atoms. The van der Waals surface area contributed by atoms with Crippen molar-refractivity contribution >= 4 is 29.1 Å². The second-order valence-electron chi connectivity index (χ2n) is 9.17. The number of alkyl halides is 3. The maximum Gasteiger partial charge on any atom is 0.416 e. The molecule has 4 aromatic rings. The molecule has 1 aliphatic rings. The summed E-state index contributed by atoms with van der Waals surface area (Å²) in [5, 5.41) is 9.14. The van der Waals surface area contributed by atoms with E-state index >= 15 is 0 Å². The van der Waals surface area contributed by atoms with Crippen molar-refractivity contribution in [2.45, 2.75) is 43.9 Å². The molecule has 0 radical (unpaired) electrons. The number of amides is 1. The van der Waals surface area contributed by atoms with Gasteiger partial charge in [-0.3, -0.25) is 9.48 Å². The Morgan fingerprint density at radius 3 is 2.31 bits per heavy atom. The summed E-state index contributed by atoms with van der Waals surface area (Å²) in [5.41, 5.74) is -1.43. The molecule has 2 aromatic heterocycles. The molecule has 0 spiro atoms. The van der Waals surface area contributed by atoms with Crippen LogP contribution in [0.3, 0.4) is 0 Å². The summed E-state index contributed by atoms with van der Waals surface area (Å²) in [6, 6.07) is 8.47. The number of benzene rings is 2. The van der Waals surface area contributed by atoms with Crippen LogP contribution in [0.4, 0.5) is 13.2 Å². The van der Waals surface area contributed by atoms with E-state index in [9.17, 15) is 18.0 Å². The highest BCUT2D eigenvalue weighted by Gasteiger charge is 2.51. The minimum atomic E-state index is -4.52. The topological polar surface area (TPSA) is 91.0 Å². The van der Waals surface area contributed by atoms with Gasteiger partial charge in [0.1, 0.15) is 30.9 Å². The van der Waals surface area contributed by atoms with Crippen molar-refractivity contribution in [1.29, 1.82) is 0 Å². The van der Waals surface area contributed by atoms with E-state index in [1.807, 2.05) is 0 Å². The van der Waals surface area contributed by atoms with Gasteiger partial charge in [0.25, 0.3) is 5.91 Å². The number of rotatable bonds is 6. The molecule has 3 heterocycles. The summed E-state index contributed by atoms with van der Waals surface area (Å²) in [6.07, 6.45) is 0.687. The summed E-state index contributed by atoms with van der Waals surface area (Å²) >= 11 is 12.9. The molecule has 2 aromatic carbocycles. The lowest BCUT2D eigenvalue weighted by atomic mass is 9.83. The fourth-order valence-corrected chi connectivity index (χ4v) is 5.42. The second-order valence-corrected chi connectivity index (χ2v) is 10.0. The highest BCUT2D eigenvalue weighted by molar-refractivity contribution is 6.35. The number of hydrogen-bond donors (Lipinski definition) is 0. The summed E-state index contributed by atoms with van der Waals surface area (Å²) in [7, 11) is 0. The van der Waals surface area contributed by atoms with Gasteiger partial charge in [0.05, 0.1) is 30.8 Å². The Morgan fingerprint density at radius 1 is 1.05 bits per heavy atom. The minimum absolute atomic E-state index is 0.105. The van der Waals surface area contributed by atoms with Crippen LogP contribution in [0.1, 0.15) is 28.4 Å². The van der Waals surface area contributed by atoms with Crippen molar-refractivity contribution in [1.82, 2.24) is 34.4 Å². The van der Waals surface area contributed by atoms with Gasteiger partial charge in [-0.15, -0.1) is 0 Å². The predicted octanol–water partition coefficient (Wildman–Crippen LogP) is 4.72. The third-order valence-electron chi connectivity index (χ3n) is 6.75. The van der Waals surface area contributed by atoms with Crippen LogP contribution in [-0.4, -0.2) is 59.0 Å². The first-order valence-corrected chi connectivity index (χ1v) is 12.6. The van der Waals surface area contributed by atoms with Gasteiger partial charge in [-0.2, -0.15) is 23.4 Å². The van der Waals surface area contributed by atoms with E-state index in [-0.39, 0.29) is 25.2 Å². The Hall–Kier alpha value is -3.48. The zero-order valence-corrected chi connectivity index (χ0v) is 22.0. The molecule has 1 saturated heterocycles. The molecular formula is C25H22Cl2F3N7O2. The molecule has 1 amide bonds. The van der Waals surface area contributed by atoms with Gasteiger partial charge in [-0.1, -0.05) is 29.3 Å². The van der Waals surface area contributed by atoms with Crippen LogP contribution in [-0.2, 0) is 29.6 Å². The summed E-state index contributed by atoms with van der Waals surface area (Å²) < 4.78 is 49.3. The summed E-state index contributed by atoms with van der Waals surface area (Å²) in [6.45, 7) is 2.30. The number of carbonyl (C=O) groups excluding carboxylic acids is 1. The van der Waals surface area contributed by atoms with Gasteiger partial charge in [0.2, 0.25) is 0 Å². The third kappa shape index (κ3) is 5.49. The average molecular weight is 580 g/mol. The van der Waals surface area contributed by atoms with Crippen molar-refractivity contribution in [3.8, 4) is 0 Å². The van der Waals surface area contributed by atoms with E-state index in [2.05, 4.69) is 20.2 Å². The predicted molar refractivity (Wildman–Crippen MR) is 135 cm³/mol. The van der Waals surface area contributed by atoms with Gasteiger partial charge < -0.3 is 9.64 Å². The largest absolute Gasteiger partial charge is 0.416 e. The lowest BCUT2D eigenvalue weighted by Crippen LogP contribution is -2.63. The van der Waals surface area contributed by atoms with Crippen molar-refractivity contribution in [3.05, 3.63) is 94.5 Å².